The number of aliphatic hydroxyl groups excluding tert-OH is 1. The Morgan fingerprint density at radius 3 is 2.51 bits per heavy atom. The third-order valence-electron chi connectivity index (χ3n) is 6.41. The largest absolute Gasteiger partial charge is 0.487 e. The molecule has 1 aliphatic heterocycles. The second-order valence-electron chi connectivity index (χ2n) is 8.99. The van der Waals surface area contributed by atoms with E-state index >= 15 is 0 Å². The molecule has 5 rings (SSSR count). The summed E-state index contributed by atoms with van der Waals surface area (Å²) in [5, 5.41) is 19.0. The van der Waals surface area contributed by atoms with Crippen LogP contribution in [0.2, 0.25) is 0 Å². The minimum Gasteiger partial charge on any atom is -0.487 e. The maximum Gasteiger partial charge on any atom is 0.255 e. The van der Waals surface area contributed by atoms with Crippen LogP contribution in [0.1, 0.15) is 24.2 Å². The Morgan fingerprint density at radius 2 is 1.81 bits per heavy atom. The summed E-state index contributed by atoms with van der Waals surface area (Å²) in [6.07, 6.45) is 0.0700. The Hall–Kier alpha value is -4.37. The van der Waals surface area contributed by atoms with Gasteiger partial charge in [0.1, 0.15) is 30.0 Å². The van der Waals surface area contributed by atoms with Gasteiger partial charge < -0.3 is 30.3 Å². The van der Waals surface area contributed by atoms with Gasteiger partial charge in [0.25, 0.3) is 5.91 Å². The average Bonchev–Trinajstić information content (AvgIpc) is 3.49. The normalized spacial score (nSPS) is 16.8. The second-order valence-corrected chi connectivity index (χ2v) is 8.99. The molecule has 0 saturated carbocycles. The second kappa shape index (κ2) is 10.7. The van der Waals surface area contributed by atoms with E-state index in [1.54, 1.807) is 12.1 Å². The summed E-state index contributed by atoms with van der Waals surface area (Å²) < 4.78 is 5.93. The molecule has 190 valence electrons. The van der Waals surface area contributed by atoms with E-state index < -0.39 is 0 Å². The molecule has 0 saturated heterocycles. The van der Waals surface area contributed by atoms with Gasteiger partial charge in [-0.05, 0) is 55.5 Å². The van der Waals surface area contributed by atoms with Gasteiger partial charge in [0.2, 0.25) is 0 Å². The third kappa shape index (κ3) is 5.57. The van der Waals surface area contributed by atoms with Crippen LogP contribution < -0.4 is 15.4 Å². The number of aliphatic hydroxyl groups is 1. The quantitative estimate of drug-likeness (QED) is 0.265. The highest BCUT2D eigenvalue weighted by Crippen LogP contribution is 2.25. The number of rotatable bonds is 9. The van der Waals surface area contributed by atoms with Crippen LogP contribution in [0.3, 0.4) is 0 Å². The summed E-state index contributed by atoms with van der Waals surface area (Å²) in [7, 11) is 0. The molecule has 37 heavy (non-hydrogen) atoms. The minimum atomic E-state index is -0.199. The van der Waals surface area contributed by atoms with Crippen molar-refractivity contribution in [3.05, 3.63) is 72.3 Å². The number of ether oxygens (including phenoxy) is 1. The van der Waals surface area contributed by atoms with Gasteiger partial charge in [-0.3, -0.25) is 4.79 Å². The maximum absolute atomic E-state index is 12.7. The van der Waals surface area contributed by atoms with E-state index in [1.807, 2.05) is 61.5 Å². The molecule has 4 aromatic rings. The summed E-state index contributed by atoms with van der Waals surface area (Å²) in [5.74, 6) is 1.46. The van der Waals surface area contributed by atoms with Crippen molar-refractivity contribution in [1.82, 2.24) is 9.97 Å². The molecule has 1 aliphatic rings. The van der Waals surface area contributed by atoms with Gasteiger partial charge in [0.15, 0.2) is 0 Å². The molecule has 2 atom stereocenters. The van der Waals surface area contributed by atoms with Gasteiger partial charge in [0.05, 0.1) is 17.6 Å². The lowest BCUT2D eigenvalue weighted by Gasteiger charge is -2.10. The molecule has 9 nitrogen and oxygen atoms in total. The predicted octanol–water partition coefficient (Wildman–Crippen LogP) is 4.68. The van der Waals surface area contributed by atoms with Gasteiger partial charge in [0, 0.05) is 41.0 Å². The molecule has 2 heterocycles. The van der Waals surface area contributed by atoms with Crippen molar-refractivity contribution >= 4 is 34.0 Å². The van der Waals surface area contributed by atoms with E-state index in [0.717, 1.165) is 33.7 Å². The number of nitrogens with zero attached hydrogens (tertiary/aromatic N) is 2. The van der Waals surface area contributed by atoms with Crippen molar-refractivity contribution in [1.29, 1.82) is 0 Å². The van der Waals surface area contributed by atoms with Crippen LogP contribution in [-0.4, -0.2) is 52.6 Å². The molecule has 0 fully saturated rings. The first kappa shape index (κ1) is 24.3. The lowest BCUT2D eigenvalue weighted by atomic mass is 10.0. The van der Waals surface area contributed by atoms with Gasteiger partial charge in [-0.1, -0.05) is 24.2 Å². The van der Waals surface area contributed by atoms with Crippen LogP contribution in [0.4, 0.5) is 11.4 Å². The summed E-state index contributed by atoms with van der Waals surface area (Å²) in [5.41, 5.74) is 5.56. The monoisotopic (exact) mass is 499 g/mol. The first-order valence-electron chi connectivity index (χ1n) is 12.2. The Kier molecular flexibility index (Phi) is 7.04. The SMILES string of the molecule is CC1ON=C(COc2ccc3nc(-c4ccc(C(=O)Nc5ccc(NCCO)cc5)cc4)[nH]c3c2)C1C. The van der Waals surface area contributed by atoms with Crippen LogP contribution in [0, 0.1) is 5.92 Å². The molecule has 2 unspecified atom stereocenters. The van der Waals surface area contributed by atoms with E-state index in [4.69, 9.17) is 14.7 Å². The molecule has 9 heteroatoms. The fourth-order valence-electron chi connectivity index (χ4n) is 3.98. The molecule has 0 aliphatic carbocycles. The smallest absolute Gasteiger partial charge is 0.255 e. The fourth-order valence-corrected chi connectivity index (χ4v) is 3.98. The zero-order chi connectivity index (χ0) is 25.8. The number of aromatic amines is 1. The van der Waals surface area contributed by atoms with Gasteiger partial charge >= 0.3 is 0 Å². The Balaban J connectivity index is 1.22. The number of benzene rings is 3. The van der Waals surface area contributed by atoms with E-state index in [-0.39, 0.29) is 24.5 Å². The number of hydrogen-bond acceptors (Lipinski definition) is 7. The highest BCUT2D eigenvalue weighted by Gasteiger charge is 2.26. The van der Waals surface area contributed by atoms with Crippen molar-refractivity contribution in [2.24, 2.45) is 11.1 Å². The summed E-state index contributed by atoms with van der Waals surface area (Å²) in [6, 6.07) is 20.3. The topological polar surface area (TPSA) is 121 Å². The number of imidazole rings is 1. The highest BCUT2D eigenvalue weighted by atomic mass is 16.6. The molecular weight excluding hydrogens is 470 g/mol. The van der Waals surface area contributed by atoms with Crippen LogP contribution in [-0.2, 0) is 4.84 Å². The van der Waals surface area contributed by atoms with E-state index in [9.17, 15) is 4.79 Å². The number of nitrogens with one attached hydrogen (secondary N) is 3. The number of oxime groups is 1. The number of fused-ring (bicyclic) bond motifs is 1. The van der Waals surface area contributed by atoms with Crippen LogP contribution >= 0.6 is 0 Å². The number of aromatic nitrogens is 2. The van der Waals surface area contributed by atoms with Gasteiger partial charge in [-0.25, -0.2) is 4.98 Å². The van der Waals surface area contributed by atoms with Crippen molar-refractivity contribution in [3.8, 4) is 17.1 Å². The standard InChI is InChI=1S/C28H29N5O4/c1-17-18(2)37-33-26(17)16-36-23-11-12-24-25(15-23)32-27(31-24)19-3-5-20(6-4-19)28(35)30-22-9-7-21(8-10-22)29-13-14-34/h3-12,15,17-18,29,34H,13-14,16H2,1-2H3,(H,30,35)(H,31,32). The number of carbonyl (C=O) groups is 1. The van der Waals surface area contributed by atoms with Crippen LogP contribution in [0.15, 0.2) is 71.9 Å². The number of anilines is 2. The molecule has 0 spiro atoms. The van der Waals surface area contributed by atoms with Gasteiger partial charge in [-0.15, -0.1) is 0 Å². The molecule has 1 amide bonds. The third-order valence-corrected chi connectivity index (χ3v) is 6.41. The molecule has 4 N–H and O–H groups in total. The summed E-state index contributed by atoms with van der Waals surface area (Å²) in [4.78, 5) is 26.0. The minimum absolute atomic E-state index is 0.0590. The van der Waals surface area contributed by atoms with Crippen molar-refractivity contribution < 1.29 is 19.5 Å². The van der Waals surface area contributed by atoms with E-state index in [2.05, 4.69) is 32.7 Å². The lowest BCUT2D eigenvalue weighted by molar-refractivity contribution is 0.0799. The summed E-state index contributed by atoms with van der Waals surface area (Å²) in [6.45, 7) is 4.99. The zero-order valence-corrected chi connectivity index (χ0v) is 20.7. The van der Waals surface area contributed by atoms with E-state index in [1.165, 1.54) is 0 Å². The van der Waals surface area contributed by atoms with Crippen molar-refractivity contribution in [2.75, 3.05) is 30.4 Å². The van der Waals surface area contributed by atoms with Crippen molar-refractivity contribution in [3.63, 3.8) is 0 Å². The predicted molar refractivity (Wildman–Crippen MR) is 144 cm³/mol. The zero-order valence-electron chi connectivity index (χ0n) is 20.7. The fraction of sp³-hybridized carbons (Fsp3) is 0.250. The summed E-state index contributed by atoms with van der Waals surface area (Å²) >= 11 is 0. The molecular formula is C28H29N5O4. The Bertz CT molecular complexity index is 1410. The van der Waals surface area contributed by atoms with E-state index in [0.29, 0.717) is 30.2 Å². The molecule has 0 bridgehead atoms. The molecule has 0 radical (unpaired) electrons. The number of carbonyl (C=O) groups excluding carboxylic acids is 1. The lowest BCUT2D eigenvalue weighted by Crippen LogP contribution is -2.22. The highest BCUT2D eigenvalue weighted by molar-refractivity contribution is 6.04. The molecule has 3 aromatic carbocycles. The van der Waals surface area contributed by atoms with Crippen LogP contribution in [0.5, 0.6) is 5.75 Å². The number of H-pyrrole nitrogens is 1. The van der Waals surface area contributed by atoms with Crippen molar-refractivity contribution in [2.45, 2.75) is 20.0 Å². The average molecular weight is 500 g/mol. The van der Waals surface area contributed by atoms with Gasteiger partial charge in [-0.2, -0.15) is 0 Å². The Morgan fingerprint density at radius 1 is 1.05 bits per heavy atom. The number of hydrogen-bond donors (Lipinski definition) is 4. The Labute approximate surface area is 214 Å². The van der Waals surface area contributed by atoms with Crippen LogP contribution in [0.25, 0.3) is 22.4 Å². The first-order chi connectivity index (χ1) is 18.0. The number of amides is 1. The first-order valence-corrected chi connectivity index (χ1v) is 12.2. The molecule has 1 aromatic heterocycles. The maximum atomic E-state index is 12.7.